The number of hydrogen-bond donors (Lipinski definition) is 1. The van der Waals surface area contributed by atoms with Crippen LogP contribution in [-0.4, -0.2) is 9.55 Å². The van der Waals surface area contributed by atoms with E-state index in [1.807, 2.05) is 17.7 Å². The molecule has 1 rings (SSSR count). The molecule has 0 aliphatic rings. The monoisotopic (exact) mass is 167 g/mol. The first-order valence-electron chi connectivity index (χ1n) is 4.50. The van der Waals surface area contributed by atoms with Gasteiger partial charge in [-0.1, -0.05) is 13.3 Å². The highest BCUT2D eigenvalue weighted by Crippen LogP contribution is 2.05. The molecule has 2 N–H and O–H groups in total. The minimum atomic E-state index is 0.542. The van der Waals surface area contributed by atoms with E-state index in [0.29, 0.717) is 6.67 Å². The van der Waals surface area contributed by atoms with Gasteiger partial charge in [-0.05, 0) is 13.3 Å². The van der Waals surface area contributed by atoms with Gasteiger partial charge in [0, 0.05) is 12.6 Å². The van der Waals surface area contributed by atoms with Gasteiger partial charge in [0.1, 0.15) is 5.82 Å². The summed E-state index contributed by atoms with van der Waals surface area (Å²) in [5, 5.41) is 0. The molecule has 1 aromatic heterocycles. The Morgan fingerprint density at radius 1 is 1.58 bits per heavy atom. The maximum absolute atomic E-state index is 5.56. The number of rotatable bonds is 4. The lowest BCUT2D eigenvalue weighted by Crippen LogP contribution is -2.09. The SMILES string of the molecule is CCCCc1nc(C)cn1CN. The number of hydrogen-bond acceptors (Lipinski definition) is 2. The Kier molecular flexibility index (Phi) is 3.29. The van der Waals surface area contributed by atoms with Crippen molar-refractivity contribution in [2.24, 2.45) is 5.73 Å². The zero-order valence-corrected chi connectivity index (χ0v) is 7.88. The number of aromatic nitrogens is 2. The molecule has 3 heteroatoms. The van der Waals surface area contributed by atoms with E-state index in [4.69, 9.17) is 5.73 Å². The van der Waals surface area contributed by atoms with Gasteiger partial charge in [-0.3, -0.25) is 0 Å². The highest BCUT2D eigenvalue weighted by atomic mass is 15.1. The molecule has 12 heavy (non-hydrogen) atoms. The highest BCUT2D eigenvalue weighted by molar-refractivity contribution is 5.01. The molecular formula is C9H17N3. The Balaban J connectivity index is 2.68. The van der Waals surface area contributed by atoms with Crippen molar-refractivity contribution >= 4 is 0 Å². The summed E-state index contributed by atoms with van der Waals surface area (Å²) < 4.78 is 2.02. The van der Waals surface area contributed by atoms with Crippen molar-refractivity contribution in [2.45, 2.75) is 39.8 Å². The number of aryl methyl sites for hydroxylation is 2. The van der Waals surface area contributed by atoms with Gasteiger partial charge in [0.15, 0.2) is 0 Å². The van der Waals surface area contributed by atoms with Crippen molar-refractivity contribution < 1.29 is 0 Å². The fourth-order valence-electron chi connectivity index (χ4n) is 1.29. The van der Waals surface area contributed by atoms with Crippen LogP contribution in [0.5, 0.6) is 0 Å². The number of nitrogens with zero attached hydrogens (tertiary/aromatic N) is 2. The van der Waals surface area contributed by atoms with Crippen LogP contribution in [0.4, 0.5) is 0 Å². The molecule has 0 spiro atoms. The van der Waals surface area contributed by atoms with Crippen molar-refractivity contribution in [1.82, 2.24) is 9.55 Å². The zero-order valence-electron chi connectivity index (χ0n) is 7.88. The number of imidazole rings is 1. The summed E-state index contributed by atoms with van der Waals surface area (Å²) in [5.41, 5.74) is 6.62. The van der Waals surface area contributed by atoms with Crippen LogP contribution in [0, 0.1) is 6.92 Å². The molecule has 0 radical (unpaired) electrons. The summed E-state index contributed by atoms with van der Waals surface area (Å²) in [7, 11) is 0. The lowest BCUT2D eigenvalue weighted by atomic mass is 10.2. The molecule has 0 saturated heterocycles. The predicted molar refractivity (Wildman–Crippen MR) is 49.8 cm³/mol. The van der Waals surface area contributed by atoms with E-state index >= 15 is 0 Å². The predicted octanol–water partition coefficient (Wildman–Crippen LogP) is 1.45. The van der Waals surface area contributed by atoms with Gasteiger partial charge < -0.3 is 10.3 Å². The quantitative estimate of drug-likeness (QED) is 0.737. The third-order valence-corrected chi connectivity index (χ3v) is 1.93. The minimum absolute atomic E-state index is 0.542. The van der Waals surface area contributed by atoms with Gasteiger partial charge in [-0.2, -0.15) is 0 Å². The van der Waals surface area contributed by atoms with Gasteiger partial charge in [0.05, 0.1) is 12.4 Å². The Hall–Kier alpha value is -0.830. The summed E-state index contributed by atoms with van der Waals surface area (Å²) >= 11 is 0. The maximum Gasteiger partial charge on any atom is 0.110 e. The van der Waals surface area contributed by atoms with Gasteiger partial charge in [0.2, 0.25) is 0 Å². The Bertz CT molecular complexity index is 240. The largest absolute Gasteiger partial charge is 0.322 e. The number of nitrogens with two attached hydrogens (primary N) is 1. The Morgan fingerprint density at radius 3 is 2.92 bits per heavy atom. The average molecular weight is 167 g/mol. The molecule has 0 aliphatic heterocycles. The first-order valence-corrected chi connectivity index (χ1v) is 4.50. The normalized spacial score (nSPS) is 10.6. The average Bonchev–Trinajstić information content (AvgIpc) is 2.42. The fourth-order valence-corrected chi connectivity index (χ4v) is 1.29. The molecular weight excluding hydrogens is 150 g/mol. The molecule has 1 heterocycles. The van der Waals surface area contributed by atoms with Crippen LogP contribution in [0.25, 0.3) is 0 Å². The smallest absolute Gasteiger partial charge is 0.110 e. The fraction of sp³-hybridized carbons (Fsp3) is 0.667. The summed E-state index contributed by atoms with van der Waals surface area (Å²) in [6, 6.07) is 0. The van der Waals surface area contributed by atoms with E-state index in [-0.39, 0.29) is 0 Å². The topological polar surface area (TPSA) is 43.8 Å². The summed E-state index contributed by atoms with van der Waals surface area (Å²) in [6.07, 6.45) is 5.44. The van der Waals surface area contributed by atoms with E-state index in [2.05, 4.69) is 11.9 Å². The van der Waals surface area contributed by atoms with E-state index in [0.717, 1.165) is 17.9 Å². The summed E-state index contributed by atoms with van der Waals surface area (Å²) in [6.45, 7) is 4.73. The van der Waals surface area contributed by atoms with Gasteiger partial charge in [-0.25, -0.2) is 4.98 Å². The molecule has 0 atom stereocenters. The van der Waals surface area contributed by atoms with Gasteiger partial charge in [0.25, 0.3) is 0 Å². The van der Waals surface area contributed by atoms with Gasteiger partial charge >= 0.3 is 0 Å². The highest BCUT2D eigenvalue weighted by Gasteiger charge is 2.02. The molecule has 0 amide bonds. The maximum atomic E-state index is 5.56. The standard InChI is InChI=1S/C9H17N3/c1-3-4-5-9-11-8(2)6-12(9)7-10/h6H,3-5,7,10H2,1-2H3. The van der Waals surface area contributed by atoms with E-state index in [9.17, 15) is 0 Å². The first-order chi connectivity index (χ1) is 5.77. The molecule has 68 valence electrons. The molecule has 0 fully saturated rings. The second-order valence-electron chi connectivity index (χ2n) is 3.05. The summed E-state index contributed by atoms with van der Waals surface area (Å²) in [5.74, 6) is 1.12. The van der Waals surface area contributed by atoms with Crippen LogP contribution in [0.15, 0.2) is 6.20 Å². The van der Waals surface area contributed by atoms with Crippen LogP contribution >= 0.6 is 0 Å². The minimum Gasteiger partial charge on any atom is -0.322 e. The van der Waals surface area contributed by atoms with Crippen LogP contribution in [0.2, 0.25) is 0 Å². The molecule has 0 saturated carbocycles. The van der Waals surface area contributed by atoms with Crippen LogP contribution in [0.1, 0.15) is 31.3 Å². The Labute approximate surface area is 73.6 Å². The zero-order chi connectivity index (χ0) is 8.97. The van der Waals surface area contributed by atoms with Crippen molar-refractivity contribution in [1.29, 1.82) is 0 Å². The lowest BCUT2D eigenvalue weighted by Gasteiger charge is -2.02. The second kappa shape index (κ2) is 4.26. The van der Waals surface area contributed by atoms with Crippen molar-refractivity contribution in [3.05, 3.63) is 17.7 Å². The molecule has 1 aromatic rings. The Morgan fingerprint density at radius 2 is 2.33 bits per heavy atom. The molecule has 0 unspecified atom stereocenters. The van der Waals surface area contributed by atoms with E-state index in [1.54, 1.807) is 0 Å². The third kappa shape index (κ3) is 2.08. The van der Waals surface area contributed by atoms with Crippen LogP contribution in [-0.2, 0) is 13.1 Å². The van der Waals surface area contributed by atoms with E-state index < -0.39 is 0 Å². The van der Waals surface area contributed by atoms with Crippen molar-refractivity contribution in [3.8, 4) is 0 Å². The number of unbranched alkanes of at least 4 members (excludes halogenated alkanes) is 1. The van der Waals surface area contributed by atoms with Crippen molar-refractivity contribution in [2.75, 3.05) is 0 Å². The molecule has 3 nitrogen and oxygen atoms in total. The van der Waals surface area contributed by atoms with Gasteiger partial charge in [-0.15, -0.1) is 0 Å². The molecule has 0 aliphatic carbocycles. The molecule has 0 aromatic carbocycles. The van der Waals surface area contributed by atoms with Crippen LogP contribution in [0.3, 0.4) is 0 Å². The lowest BCUT2D eigenvalue weighted by molar-refractivity contribution is 0.648. The van der Waals surface area contributed by atoms with Crippen LogP contribution < -0.4 is 5.73 Å². The summed E-state index contributed by atoms with van der Waals surface area (Å²) in [4.78, 5) is 4.40. The van der Waals surface area contributed by atoms with E-state index in [1.165, 1.54) is 12.8 Å². The van der Waals surface area contributed by atoms with Crippen molar-refractivity contribution in [3.63, 3.8) is 0 Å². The second-order valence-corrected chi connectivity index (χ2v) is 3.05. The third-order valence-electron chi connectivity index (χ3n) is 1.93. The first kappa shape index (κ1) is 9.26. The molecule has 0 bridgehead atoms.